The molecule has 14 heavy (non-hydrogen) atoms. The van der Waals surface area contributed by atoms with Gasteiger partial charge in [0.2, 0.25) is 0 Å². The summed E-state index contributed by atoms with van der Waals surface area (Å²) >= 11 is 2.13. The summed E-state index contributed by atoms with van der Waals surface area (Å²) in [4.78, 5) is 0. The number of hydrogen-bond donors (Lipinski definition) is 1. The minimum absolute atomic E-state index is 0.416. The molecule has 2 aliphatic heterocycles. The second-order valence-corrected chi connectivity index (χ2v) is 6.99. The van der Waals surface area contributed by atoms with Gasteiger partial charge in [0, 0.05) is 23.3 Å². The summed E-state index contributed by atoms with van der Waals surface area (Å²) in [7, 11) is 0. The number of hydrogen-bond acceptors (Lipinski definition) is 3. The Bertz CT molecular complexity index is 197. The van der Waals surface area contributed by atoms with Crippen molar-refractivity contribution in [2.75, 3.05) is 32.1 Å². The first-order valence-corrected chi connectivity index (χ1v) is 6.53. The lowest BCUT2D eigenvalue weighted by Crippen LogP contribution is -2.49. The van der Waals surface area contributed by atoms with Crippen LogP contribution >= 0.6 is 11.8 Å². The van der Waals surface area contributed by atoms with Crippen LogP contribution in [0.1, 0.15) is 26.7 Å². The first-order valence-electron chi connectivity index (χ1n) is 5.55. The monoisotopic (exact) mass is 215 g/mol. The number of thioether (sulfide) groups is 1. The molecule has 2 nitrogen and oxygen atoms in total. The van der Waals surface area contributed by atoms with E-state index in [2.05, 4.69) is 30.9 Å². The highest BCUT2D eigenvalue weighted by molar-refractivity contribution is 8.00. The van der Waals surface area contributed by atoms with Crippen molar-refractivity contribution < 1.29 is 4.74 Å². The van der Waals surface area contributed by atoms with Crippen molar-refractivity contribution >= 4 is 11.8 Å². The molecule has 1 N–H and O–H groups in total. The van der Waals surface area contributed by atoms with Crippen LogP contribution in [0.15, 0.2) is 0 Å². The molecule has 1 unspecified atom stereocenters. The predicted molar refractivity (Wildman–Crippen MR) is 61.9 cm³/mol. The smallest absolute Gasteiger partial charge is 0.0554 e. The molecule has 2 saturated heterocycles. The Morgan fingerprint density at radius 3 is 2.57 bits per heavy atom. The molecule has 0 aromatic carbocycles. The van der Waals surface area contributed by atoms with Crippen molar-refractivity contribution in [2.24, 2.45) is 5.41 Å². The van der Waals surface area contributed by atoms with Gasteiger partial charge in [-0.05, 0) is 25.5 Å². The second-order valence-electron chi connectivity index (χ2n) is 5.31. The first-order chi connectivity index (χ1) is 6.62. The van der Waals surface area contributed by atoms with E-state index in [1.165, 1.54) is 18.6 Å². The van der Waals surface area contributed by atoms with Gasteiger partial charge in [-0.15, -0.1) is 0 Å². The zero-order valence-electron chi connectivity index (χ0n) is 9.27. The van der Waals surface area contributed by atoms with Gasteiger partial charge in [-0.25, -0.2) is 0 Å². The molecule has 0 radical (unpaired) electrons. The minimum Gasteiger partial charge on any atom is -0.380 e. The molecule has 1 atom stereocenters. The van der Waals surface area contributed by atoms with Gasteiger partial charge in [-0.2, -0.15) is 11.8 Å². The zero-order chi connectivity index (χ0) is 10.1. The van der Waals surface area contributed by atoms with Gasteiger partial charge < -0.3 is 10.1 Å². The third-order valence-electron chi connectivity index (χ3n) is 3.25. The molecular formula is C11H21NOS. The van der Waals surface area contributed by atoms with E-state index in [0.717, 1.165) is 26.3 Å². The largest absolute Gasteiger partial charge is 0.380 e. The van der Waals surface area contributed by atoms with Gasteiger partial charge in [0.1, 0.15) is 0 Å². The maximum absolute atomic E-state index is 5.24. The minimum atomic E-state index is 0.416. The highest BCUT2D eigenvalue weighted by Crippen LogP contribution is 2.37. The summed E-state index contributed by atoms with van der Waals surface area (Å²) in [6.45, 7) is 8.83. The maximum Gasteiger partial charge on any atom is 0.0554 e. The fraction of sp³-hybridized carbons (Fsp3) is 1.00. The van der Waals surface area contributed by atoms with Gasteiger partial charge in [-0.3, -0.25) is 0 Å². The molecular weight excluding hydrogens is 194 g/mol. The zero-order valence-corrected chi connectivity index (χ0v) is 10.1. The molecule has 0 aromatic heterocycles. The van der Waals surface area contributed by atoms with Gasteiger partial charge in [-0.1, -0.05) is 6.92 Å². The van der Waals surface area contributed by atoms with Crippen LogP contribution in [0.4, 0.5) is 0 Å². The van der Waals surface area contributed by atoms with Crippen molar-refractivity contribution in [3.63, 3.8) is 0 Å². The van der Waals surface area contributed by atoms with E-state index < -0.39 is 0 Å². The van der Waals surface area contributed by atoms with Crippen molar-refractivity contribution in [3.05, 3.63) is 0 Å². The van der Waals surface area contributed by atoms with Crippen LogP contribution in [-0.4, -0.2) is 36.8 Å². The van der Waals surface area contributed by atoms with Gasteiger partial charge in [0.05, 0.1) is 13.2 Å². The summed E-state index contributed by atoms with van der Waals surface area (Å²) in [5.41, 5.74) is 0.416. The standard InChI is InChI=1S/C11H21NOS/c1-10(8-13-9-10)6-12-7-11(2)4-3-5-14-11/h12H,3-9H2,1-2H3. The van der Waals surface area contributed by atoms with E-state index >= 15 is 0 Å². The predicted octanol–water partition coefficient (Wildman–Crippen LogP) is 1.90. The molecule has 2 rings (SSSR count). The Morgan fingerprint density at radius 1 is 1.29 bits per heavy atom. The normalized spacial score (nSPS) is 35.6. The lowest BCUT2D eigenvalue weighted by atomic mass is 9.88. The summed E-state index contributed by atoms with van der Waals surface area (Å²) < 4.78 is 5.74. The van der Waals surface area contributed by atoms with Crippen molar-refractivity contribution in [1.29, 1.82) is 0 Å². The van der Waals surface area contributed by atoms with E-state index in [4.69, 9.17) is 4.74 Å². The van der Waals surface area contributed by atoms with Gasteiger partial charge in [0.15, 0.2) is 0 Å². The summed E-state index contributed by atoms with van der Waals surface area (Å²) in [6.07, 6.45) is 2.76. The second kappa shape index (κ2) is 4.03. The summed E-state index contributed by atoms with van der Waals surface area (Å²) in [6, 6.07) is 0. The summed E-state index contributed by atoms with van der Waals surface area (Å²) in [5.74, 6) is 1.35. The quantitative estimate of drug-likeness (QED) is 0.774. The number of ether oxygens (including phenoxy) is 1. The Labute approximate surface area is 91.2 Å². The molecule has 0 aliphatic carbocycles. The highest BCUT2D eigenvalue weighted by atomic mass is 32.2. The third kappa shape index (κ3) is 2.44. The van der Waals surface area contributed by atoms with Gasteiger partial charge >= 0.3 is 0 Å². The van der Waals surface area contributed by atoms with Crippen LogP contribution in [0.3, 0.4) is 0 Å². The van der Waals surface area contributed by atoms with Crippen LogP contribution in [-0.2, 0) is 4.74 Å². The number of rotatable bonds is 4. The fourth-order valence-corrected chi connectivity index (χ4v) is 3.43. The Balaban J connectivity index is 1.67. The van der Waals surface area contributed by atoms with E-state index in [9.17, 15) is 0 Å². The molecule has 0 amide bonds. The topological polar surface area (TPSA) is 21.3 Å². The Morgan fingerprint density at radius 2 is 2.07 bits per heavy atom. The molecule has 2 heterocycles. The lowest BCUT2D eigenvalue weighted by molar-refractivity contribution is -0.0990. The van der Waals surface area contributed by atoms with Crippen LogP contribution < -0.4 is 5.32 Å². The van der Waals surface area contributed by atoms with Crippen LogP contribution in [0.25, 0.3) is 0 Å². The Hall–Kier alpha value is 0.270. The number of nitrogens with one attached hydrogen (secondary N) is 1. The Kier molecular flexibility index (Phi) is 3.10. The molecule has 2 fully saturated rings. The first kappa shape index (κ1) is 10.8. The molecule has 0 aromatic rings. The fourth-order valence-electron chi connectivity index (χ4n) is 2.16. The van der Waals surface area contributed by atoms with Crippen LogP contribution in [0, 0.1) is 5.41 Å². The van der Waals surface area contributed by atoms with Crippen molar-refractivity contribution in [1.82, 2.24) is 5.32 Å². The van der Waals surface area contributed by atoms with Crippen LogP contribution in [0.2, 0.25) is 0 Å². The van der Waals surface area contributed by atoms with E-state index in [1.54, 1.807) is 0 Å². The maximum atomic E-state index is 5.24. The molecule has 0 spiro atoms. The molecule has 2 aliphatic rings. The van der Waals surface area contributed by atoms with E-state index in [1.807, 2.05) is 0 Å². The SMILES string of the molecule is CC1(CNCC2(C)CCCS2)COC1. The highest BCUT2D eigenvalue weighted by Gasteiger charge is 2.34. The van der Waals surface area contributed by atoms with Crippen molar-refractivity contribution in [3.8, 4) is 0 Å². The third-order valence-corrected chi connectivity index (χ3v) is 4.79. The molecule has 0 bridgehead atoms. The average Bonchev–Trinajstić information content (AvgIpc) is 2.50. The molecule has 0 saturated carbocycles. The van der Waals surface area contributed by atoms with E-state index in [-0.39, 0.29) is 0 Å². The molecule has 82 valence electrons. The van der Waals surface area contributed by atoms with Crippen LogP contribution in [0.5, 0.6) is 0 Å². The average molecular weight is 215 g/mol. The summed E-state index contributed by atoms with van der Waals surface area (Å²) in [5, 5.41) is 3.61. The van der Waals surface area contributed by atoms with Crippen molar-refractivity contribution in [2.45, 2.75) is 31.4 Å². The lowest BCUT2D eigenvalue weighted by Gasteiger charge is -2.39. The van der Waals surface area contributed by atoms with E-state index in [0.29, 0.717) is 10.2 Å². The van der Waals surface area contributed by atoms with Gasteiger partial charge in [0.25, 0.3) is 0 Å². The molecule has 3 heteroatoms.